The lowest BCUT2D eigenvalue weighted by atomic mass is 9.96. The average Bonchev–Trinajstić information content (AvgIpc) is 3.54. The molecule has 4 heterocycles. The van der Waals surface area contributed by atoms with Crippen molar-refractivity contribution < 1.29 is 21.6 Å². The number of allylic oxidation sites excluding steroid dienone is 2. The lowest BCUT2D eigenvalue weighted by Gasteiger charge is -2.42. The van der Waals surface area contributed by atoms with Crippen LogP contribution in [-0.2, 0) is 24.8 Å². The molecule has 2 aromatic rings. The molecule has 11 heteroatoms. The molecule has 1 unspecified atom stereocenters. The van der Waals surface area contributed by atoms with Gasteiger partial charge in [-0.15, -0.1) is 22.7 Å². The van der Waals surface area contributed by atoms with E-state index < -0.39 is 25.8 Å². The maximum absolute atomic E-state index is 13.3. The first kappa shape index (κ1) is 24.1. The first-order valence-electron chi connectivity index (χ1n) is 10.5. The van der Waals surface area contributed by atoms with Crippen molar-refractivity contribution in [1.29, 1.82) is 0 Å². The van der Waals surface area contributed by atoms with Gasteiger partial charge in [0.15, 0.2) is 0 Å². The molecule has 1 spiro atoms. The van der Waals surface area contributed by atoms with Crippen LogP contribution in [-0.4, -0.2) is 57.4 Å². The molecule has 32 heavy (non-hydrogen) atoms. The van der Waals surface area contributed by atoms with Crippen LogP contribution in [0.4, 0.5) is 0 Å². The average molecular weight is 517 g/mol. The maximum atomic E-state index is 13.3. The second-order valence-corrected chi connectivity index (χ2v) is 14.3. The number of nitrogens with zero attached hydrogens (tertiary/aromatic N) is 2. The third-order valence-corrected chi connectivity index (χ3v) is 13.1. The quantitative estimate of drug-likeness (QED) is 0.540. The van der Waals surface area contributed by atoms with E-state index in [4.69, 9.17) is 4.74 Å². The van der Waals surface area contributed by atoms with E-state index in [1.54, 1.807) is 23.6 Å². The number of thiophene rings is 2. The van der Waals surface area contributed by atoms with Gasteiger partial charge in [-0.1, -0.05) is 24.6 Å². The minimum Gasteiger partial charge on any atom is -0.358 e. The van der Waals surface area contributed by atoms with E-state index in [1.807, 2.05) is 25.3 Å². The summed E-state index contributed by atoms with van der Waals surface area (Å²) in [6.07, 6.45) is 2.66. The van der Waals surface area contributed by atoms with Gasteiger partial charge in [-0.05, 0) is 42.3 Å². The Morgan fingerprint density at radius 1 is 1.12 bits per heavy atom. The van der Waals surface area contributed by atoms with Crippen LogP contribution in [0.1, 0.15) is 45.1 Å². The summed E-state index contributed by atoms with van der Waals surface area (Å²) >= 11 is 2.42. The maximum Gasteiger partial charge on any atom is 0.255 e. The fraction of sp³-hybridized carbons (Fsp3) is 0.524. The molecule has 0 bridgehead atoms. The normalized spacial score (nSPS) is 21.9. The molecule has 0 aliphatic carbocycles. The summed E-state index contributed by atoms with van der Waals surface area (Å²) in [6.45, 7) is 7.12. The molecule has 2 aliphatic rings. The topological polar surface area (TPSA) is 84.0 Å². The molecular weight excluding hydrogens is 489 g/mol. The Kier molecular flexibility index (Phi) is 6.72. The first-order valence-corrected chi connectivity index (χ1v) is 15.2. The highest BCUT2D eigenvalue weighted by Crippen LogP contribution is 2.40. The Bertz CT molecular complexity index is 1190. The van der Waals surface area contributed by atoms with E-state index in [0.717, 1.165) is 5.56 Å². The summed E-state index contributed by atoms with van der Waals surface area (Å²) in [5, 5.41) is 3.64. The monoisotopic (exact) mass is 516 g/mol. The van der Waals surface area contributed by atoms with Crippen molar-refractivity contribution in [2.45, 2.75) is 53.7 Å². The van der Waals surface area contributed by atoms with Gasteiger partial charge < -0.3 is 4.74 Å². The van der Waals surface area contributed by atoms with E-state index >= 15 is 0 Å². The highest BCUT2D eigenvalue weighted by molar-refractivity contribution is 7.91. The highest BCUT2D eigenvalue weighted by atomic mass is 32.3. The summed E-state index contributed by atoms with van der Waals surface area (Å²) < 4.78 is 62.3. The SMILES string of the molecule is CC=C(C)C(C)c1csc(S(=O)(=O)N2CCC3(CC2)OCCN3S(=O)(=O)c2cccs2)c1. The van der Waals surface area contributed by atoms with E-state index in [-0.39, 0.29) is 29.8 Å². The van der Waals surface area contributed by atoms with Crippen LogP contribution >= 0.6 is 22.7 Å². The lowest BCUT2D eigenvalue weighted by molar-refractivity contribution is -0.0805. The molecule has 7 nitrogen and oxygen atoms in total. The molecule has 0 amide bonds. The molecule has 0 radical (unpaired) electrons. The predicted molar refractivity (Wildman–Crippen MR) is 127 cm³/mol. The number of rotatable bonds is 6. The summed E-state index contributed by atoms with van der Waals surface area (Å²) in [5.74, 6) is 0.160. The van der Waals surface area contributed by atoms with E-state index in [1.165, 1.54) is 36.9 Å². The Labute approximate surface area is 198 Å². The van der Waals surface area contributed by atoms with E-state index in [0.29, 0.717) is 23.7 Å². The molecule has 2 aromatic heterocycles. The number of piperidine rings is 1. The zero-order chi connectivity index (χ0) is 23.1. The van der Waals surface area contributed by atoms with Crippen LogP contribution in [0.25, 0.3) is 0 Å². The van der Waals surface area contributed by atoms with Crippen molar-refractivity contribution in [3.63, 3.8) is 0 Å². The van der Waals surface area contributed by atoms with Gasteiger partial charge in [-0.25, -0.2) is 16.8 Å². The summed E-state index contributed by atoms with van der Waals surface area (Å²) in [6, 6.07) is 5.07. The molecule has 0 N–H and O–H groups in total. The molecule has 4 rings (SSSR count). The van der Waals surface area contributed by atoms with Crippen LogP contribution in [0.2, 0.25) is 0 Å². The van der Waals surface area contributed by atoms with Crippen molar-refractivity contribution in [1.82, 2.24) is 8.61 Å². The van der Waals surface area contributed by atoms with Crippen LogP contribution in [0.15, 0.2) is 49.0 Å². The third-order valence-electron chi connectivity index (χ3n) is 6.49. The second kappa shape index (κ2) is 8.94. The van der Waals surface area contributed by atoms with Gasteiger partial charge in [0, 0.05) is 38.4 Å². The first-order chi connectivity index (χ1) is 15.1. The van der Waals surface area contributed by atoms with Crippen molar-refractivity contribution in [3.8, 4) is 0 Å². The Morgan fingerprint density at radius 2 is 1.84 bits per heavy atom. The molecule has 2 fully saturated rings. The molecule has 2 aliphatic heterocycles. The Morgan fingerprint density at radius 3 is 2.47 bits per heavy atom. The van der Waals surface area contributed by atoms with Crippen molar-refractivity contribution in [2.24, 2.45) is 0 Å². The molecule has 0 saturated carbocycles. The molecular formula is C21H28N2O5S4. The highest BCUT2D eigenvalue weighted by Gasteiger charge is 2.52. The van der Waals surface area contributed by atoms with Crippen molar-refractivity contribution >= 4 is 42.7 Å². The fourth-order valence-corrected chi connectivity index (χ4v) is 9.96. The standard InChI is InChI=1S/C21H28N2O5S4/c1-4-16(2)17(3)18-14-20(30-15-18)31(24,25)22-9-7-21(8-10-22)23(11-12-28-21)32(26,27)19-6-5-13-29-19/h4-6,13-15,17H,7-12H2,1-3H3. The number of ether oxygens (including phenoxy) is 1. The number of hydrogen-bond donors (Lipinski definition) is 0. The van der Waals surface area contributed by atoms with Crippen molar-refractivity contribution in [3.05, 3.63) is 46.2 Å². The summed E-state index contributed by atoms with van der Waals surface area (Å²) in [4.78, 5) is 0. The third kappa shape index (κ3) is 4.13. The number of hydrogen-bond acceptors (Lipinski definition) is 7. The molecule has 176 valence electrons. The summed E-state index contributed by atoms with van der Waals surface area (Å²) in [5.41, 5.74) is 1.20. The largest absolute Gasteiger partial charge is 0.358 e. The molecule has 2 saturated heterocycles. The lowest BCUT2D eigenvalue weighted by Crippen LogP contribution is -2.55. The van der Waals surface area contributed by atoms with Gasteiger partial charge in [0.1, 0.15) is 14.1 Å². The smallest absolute Gasteiger partial charge is 0.255 e. The van der Waals surface area contributed by atoms with Gasteiger partial charge in [0.05, 0.1) is 6.61 Å². The van der Waals surface area contributed by atoms with Gasteiger partial charge in [0.2, 0.25) is 0 Å². The van der Waals surface area contributed by atoms with Gasteiger partial charge in [-0.3, -0.25) is 0 Å². The van der Waals surface area contributed by atoms with Crippen LogP contribution in [0.5, 0.6) is 0 Å². The fourth-order valence-electron chi connectivity index (χ4n) is 4.25. The van der Waals surface area contributed by atoms with Gasteiger partial charge in [0.25, 0.3) is 20.0 Å². The second-order valence-electron chi connectivity index (χ2n) is 8.16. The van der Waals surface area contributed by atoms with Crippen molar-refractivity contribution in [2.75, 3.05) is 26.2 Å². The zero-order valence-electron chi connectivity index (χ0n) is 18.4. The van der Waals surface area contributed by atoms with E-state index in [9.17, 15) is 16.8 Å². The Hall–Kier alpha value is -1.08. The van der Waals surface area contributed by atoms with Gasteiger partial charge >= 0.3 is 0 Å². The van der Waals surface area contributed by atoms with E-state index in [2.05, 4.69) is 6.92 Å². The van der Waals surface area contributed by atoms with Crippen LogP contribution in [0, 0.1) is 0 Å². The summed E-state index contributed by atoms with van der Waals surface area (Å²) in [7, 11) is -7.31. The minimum atomic E-state index is -3.67. The number of sulfonamides is 2. The van der Waals surface area contributed by atoms with Crippen LogP contribution < -0.4 is 0 Å². The van der Waals surface area contributed by atoms with Gasteiger partial charge in [-0.2, -0.15) is 8.61 Å². The zero-order valence-corrected chi connectivity index (χ0v) is 21.6. The Balaban J connectivity index is 1.51. The van der Waals surface area contributed by atoms with Crippen LogP contribution in [0.3, 0.4) is 0 Å². The minimum absolute atomic E-state index is 0.160. The predicted octanol–water partition coefficient (Wildman–Crippen LogP) is 4.08. The molecule has 0 aromatic carbocycles. The molecule has 1 atom stereocenters.